The smallest absolute Gasteiger partial charge is 0.205 e. The molecule has 0 aliphatic rings. The molecule has 1 rings (SSSR count). The van der Waals surface area contributed by atoms with Crippen molar-refractivity contribution in [1.82, 2.24) is 0 Å². The molecule has 10 heteroatoms. The summed E-state index contributed by atoms with van der Waals surface area (Å²) < 4.78 is 59.7. The van der Waals surface area contributed by atoms with E-state index in [4.69, 9.17) is 0 Å². The predicted molar refractivity (Wildman–Crippen MR) is 62.2 cm³/mol. The first kappa shape index (κ1) is 15.5. The van der Waals surface area contributed by atoms with E-state index < -0.39 is 29.1 Å². The van der Waals surface area contributed by atoms with Crippen LogP contribution in [0.3, 0.4) is 0 Å². The van der Waals surface area contributed by atoms with Crippen LogP contribution in [0.2, 0.25) is 0 Å². The van der Waals surface area contributed by atoms with Gasteiger partial charge in [0.15, 0.2) is 0 Å². The third-order valence-corrected chi connectivity index (χ3v) is 4.40. The van der Waals surface area contributed by atoms with Crippen molar-refractivity contribution in [3.63, 3.8) is 0 Å². The molecule has 0 aromatic heterocycles. The monoisotopic (exact) mass is 315 g/mol. The number of halogens is 1. The minimum Gasteiger partial charge on any atom is -0.205 e. The van der Waals surface area contributed by atoms with Gasteiger partial charge in [-0.1, -0.05) is 10.4 Å². The Bertz CT molecular complexity index is 547. The van der Waals surface area contributed by atoms with Crippen LogP contribution >= 0.6 is 20.0 Å². The molecular formula is C8H9FO6PS2+. The van der Waals surface area contributed by atoms with E-state index in [1.54, 1.807) is 6.26 Å². The Balaban J connectivity index is 3.09. The zero-order valence-corrected chi connectivity index (χ0v) is 11.9. The summed E-state index contributed by atoms with van der Waals surface area (Å²) in [7, 11) is -6.23. The minimum absolute atomic E-state index is 0.145. The van der Waals surface area contributed by atoms with Gasteiger partial charge in [-0.05, 0) is 18.4 Å². The first-order valence-electron chi connectivity index (χ1n) is 4.37. The van der Waals surface area contributed by atoms with E-state index in [0.717, 1.165) is 24.9 Å². The Kier molecular flexibility index (Phi) is 5.64. The fourth-order valence-corrected chi connectivity index (χ4v) is 3.34. The van der Waals surface area contributed by atoms with Gasteiger partial charge >= 0.3 is 18.4 Å². The van der Waals surface area contributed by atoms with Crippen molar-refractivity contribution >= 4 is 30.1 Å². The zero-order valence-electron chi connectivity index (χ0n) is 9.32. The Hall–Kier alpha value is -0.570. The lowest BCUT2D eigenvalue weighted by Crippen LogP contribution is -2.08. The highest BCUT2D eigenvalue weighted by Gasteiger charge is 2.31. The van der Waals surface area contributed by atoms with Crippen LogP contribution in [-0.2, 0) is 28.2 Å². The molecule has 18 heavy (non-hydrogen) atoms. The van der Waals surface area contributed by atoms with E-state index in [1.165, 1.54) is 12.1 Å². The van der Waals surface area contributed by atoms with Crippen LogP contribution in [0.1, 0.15) is 0 Å². The molecule has 0 saturated carbocycles. The summed E-state index contributed by atoms with van der Waals surface area (Å²) in [5.41, 5.74) is 0. The van der Waals surface area contributed by atoms with Crippen LogP contribution in [-0.4, -0.2) is 21.8 Å². The largest absolute Gasteiger partial charge is 0.729 e. The normalized spacial score (nSPS) is 12.5. The Labute approximate surface area is 108 Å². The van der Waals surface area contributed by atoms with Crippen LogP contribution in [0.25, 0.3) is 0 Å². The molecule has 0 spiro atoms. The lowest BCUT2D eigenvalue weighted by molar-refractivity contribution is -0.0965. The fourth-order valence-electron chi connectivity index (χ4n) is 1.02. The predicted octanol–water partition coefficient (Wildman–Crippen LogP) is 2.49. The van der Waals surface area contributed by atoms with Crippen LogP contribution in [0.15, 0.2) is 28.0 Å². The van der Waals surface area contributed by atoms with Crippen molar-refractivity contribution in [1.29, 1.82) is 0 Å². The highest BCUT2D eigenvalue weighted by Crippen LogP contribution is 2.31. The Morgan fingerprint density at radius 1 is 1.39 bits per heavy atom. The Morgan fingerprint density at radius 2 is 2.06 bits per heavy atom. The van der Waals surface area contributed by atoms with Gasteiger partial charge in [-0.2, -0.15) is 8.42 Å². The lowest BCUT2D eigenvalue weighted by Gasteiger charge is -2.05. The number of hydrogen-bond donors (Lipinski definition) is 0. The minimum atomic E-state index is -4.52. The van der Waals surface area contributed by atoms with Gasteiger partial charge in [0, 0.05) is 9.46 Å². The summed E-state index contributed by atoms with van der Waals surface area (Å²) in [5, 5.41) is 0. The van der Waals surface area contributed by atoms with Gasteiger partial charge in [0.2, 0.25) is 0 Å². The maximum atomic E-state index is 13.5. The summed E-state index contributed by atoms with van der Waals surface area (Å²) in [5.74, 6) is -0.988. The van der Waals surface area contributed by atoms with Crippen LogP contribution in [0.5, 0.6) is 0 Å². The van der Waals surface area contributed by atoms with Gasteiger partial charge in [-0.15, -0.1) is 16.3 Å². The molecule has 0 aliphatic heterocycles. The van der Waals surface area contributed by atoms with E-state index in [-0.39, 0.29) is 4.90 Å². The van der Waals surface area contributed by atoms with E-state index in [2.05, 4.69) is 13.5 Å². The second-order valence-corrected chi connectivity index (χ2v) is 6.04. The highest BCUT2D eigenvalue weighted by molar-refractivity contribution is 7.99. The molecule has 0 bridgehead atoms. The first-order chi connectivity index (χ1) is 8.42. The quantitative estimate of drug-likeness (QED) is 0.345. The summed E-state index contributed by atoms with van der Waals surface area (Å²) in [6.07, 6.45) is 1.57. The summed E-state index contributed by atoms with van der Waals surface area (Å²) in [4.78, 5) is -0.525. The van der Waals surface area contributed by atoms with Crippen LogP contribution in [0, 0.1) is 5.82 Å². The maximum Gasteiger partial charge on any atom is 0.729 e. The molecule has 0 heterocycles. The average molecular weight is 315 g/mol. The van der Waals surface area contributed by atoms with Crippen LogP contribution in [0.4, 0.5) is 4.39 Å². The summed E-state index contributed by atoms with van der Waals surface area (Å²) >= 11 is 1.02. The maximum absolute atomic E-state index is 13.5. The van der Waals surface area contributed by atoms with Crippen molar-refractivity contribution in [2.45, 2.75) is 9.79 Å². The standard InChI is InChI=1S/C8H9FO6PS2/c1-13-16(10)14-15-18(11,12)8-6(9)4-3-5-7(8)17-2/h3-5H,1-2H3/q+1. The molecule has 0 N–H and O–H groups in total. The molecule has 100 valence electrons. The van der Waals surface area contributed by atoms with Crippen molar-refractivity contribution in [2.75, 3.05) is 13.4 Å². The first-order valence-corrected chi connectivity index (χ1v) is 8.10. The van der Waals surface area contributed by atoms with E-state index >= 15 is 0 Å². The third-order valence-electron chi connectivity index (χ3n) is 1.73. The number of benzene rings is 1. The topological polar surface area (TPSA) is 78.9 Å². The molecular weight excluding hydrogens is 306 g/mol. The van der Waals surface area contributed by atoms with Crippen molar-refractivity contribution in [3.05, 3.63) is 24.0 Å². The Morgan fingerprint density at radius 3 is 2.61 bits per heavy atom. The second-order valence-electron chi connectivity index (χ2n) is 2.77. The van der Waals surface area contributed by atoms with Crippen LogP contribution < -0.4 is 0 Å². The molecule has 1 atom stereocenters. The van der Waals surface area contributed by atoms with Gasteiger partial charge in [0.25, 0.3) is 0 Å². The molecule has 0 aliphatic carbocycles. The van der Waals surface area contributed by atoms with E-state index in [1.807, 2.05) is 0 Å². The number of rotatable bonds is 6. The van der Waals surface area contributed by atoms with Crippen molar-refractivity contribution in [3.8, 4) is 0 Å². The molecule has 6 nitrogen and oxygen atoms in total. The van der Waals surface area contributed by atoms with Gasteiger partial charge in [-0.3, -0.25) is 0 Å². The molecule has 1 unspecified atom stereocenters. The van der Waals surface area contributed by atoms with Gasteiger partial charge in [0.05, 0.1) is 11.8 Å². The third kappa shape index (κ3) is 3.71. The molecule has 0 fully saturated rings. The fraction of sp³-hybridized carbons (Fsp3) is 0.250. The average Bonchev–Trinajstić information content (AvgIpc) is 2.35. The molecule has 0 radical (unpaired) electrons. The summed E-state index contributed by atoms with van der Waals surface area (Å²) in [6.45, 7) is 0. The van der Waals surface area contributed by atoms with Gasteiger partial charge in [0.1, 0.15) is 10.7 Å². The van der Waals surface area contributed by atoms with Crippen molar-refractivity contribution in [2.24, 2.45) is 0 Å². The van der Waals surface area contributed by atoms with Gasteiger partial charge in [-0.25, -0.2) is 4.39 Å². The SMILES string of the molecule is CO[P+](=O)OOS(=O)(=O)c1c(F)cccc1SC. The van der Waals surface area contributed by atoms with E-state index in [0.29, 0.717) is 0 Å². The van der Waals surface area contributed by atoms with Gasteiger partial charge < -0.3 is 0 Å². The molecule has 0 saturated heterocycles. The molecule has 1 aromatic carbocycles. The number of thioether (sulfide) groups is 1. The highest BCUT2D eigenvalue weighted by atomic mass is 32.2. The molecule has 0 amide bonds. The van der Waals surface area contributed by atoms with E-state index in [9.17, 15) is 17.4 Å². The molecule has 1 aromatic rings. The summed E-state index contributed by atoms with van der Waals surface area (Å²) in [6, 6.07) is 3.73. The second kappa shape index (κ2) is 6.55. The lowest BCUT2D eigenvalue weighted by atomic mass is 10.3. The zero-order chi connectivity index (χ0) is 13.8. The van der Waals surface area contributed by atoms with Crippen molar-refractivity contribution < 1.29 is 30.9 Å². The number of hydrogen-bond acceptors (Lipinski definition) is 7.